The molecule has 0 heterocycles. The standard InChI is InChI=1S/C26H46O3S/c1-2-3-4-5-6-7-8-9-10-11-12-13-14-15-16-17-21-24-26(30(27,28)29)25-22-19-18-20-23-25/h18-20,22-23,26H,2-17,21,24H2,1H3,(H,27,28,29). The first-order valence-corrected chi connectivity index (χ1v) is 14.1. The second-order valence-corrected chi connectivity index (χ2v) is 10.5. The molecule has 0 aliphatic carbocycles. The topological polar surface area (TPSA) is 54.4 Å². The number of hydrogen-bond acceptors (Lipinski definition) is 2. The van der Waals surface area contributed by atoms with Gasteiger partial charge in [-0.15, -0.1) is 0 Å². The Morgan fingerprint density at radius 1 is 0.633 bits per heavy atom. The van der Waals surface area contributed by atoms with Crippen LogP contribution in [0.3, 0.4) is 0 Å². The Labute approximate surface area is 186 Å². The number of benzene rings is 1. The summed E-state index contributed by atoms with van der Waals surface area (Å²) in [6.07, 6.45) is 22.8. The lowest BCUT2D eigenvalue weighted by molar-refractivity contribution is 0.458. The number of unbranched alkanes of at least 4 members (excludes halogenated alkanes) is 16. The second kappa shape index (κ2) is 17.8. The van der Waals surface area contributed by atoms with Crippen molar-refractivity contribution in [3.63, 3.8) is 0 Å². The van der Waals surface area contributed by atoms with Crippen LogP contribution in [0.2, 0.25) is 0 Å². The van der Waals surface area contributed by atoms with E-state index in [0.717, 1.165) is 19.3 Å². The lowest BCUT2D eigenvalue weighted by Crippen LogP contribution is -2.12. The molecule has 0 amide bonds. The van der Waals surface area contributed by atoms with Gasteiger partial charge in [0.25, 0.3) is 10.1 Å². The molecule has 0 aliphatic rings. The Hall–Kier alpha value is -0.870. The lowest BCUT2D eigenvalue weighted by atomic mass is 10.0. The normalized spacial score (nSPS) is 12.9. The summed E-state index contributed by atoms with van der Waals surface area (Å²) in [4.78, 5) is 0. The molecule has 30 heavy (non-hydrogen) atoms. The highest BCUT2D eigenvalue weighted by Gasteiger charge is 2.24. The number of hydrogen-bond donors (Lipinski definition) is 1. The monoisotopic (exact) mass is 438 g/mol. The Morgan fingerprint density at radius 2 is 1.00 bits per heavy atom. The van der Waals surface area contributed by atoms with Crippen LogP contribution in [0.15, 0.2) is 30.3 Å². The average molecular weight is 439 g/mol. The van der Waals surface area contributed by atoms with Gasteiger partial charge in [0.15, 0.2) is 0 Å². The summed E-state index contributed by atoms with van der Waals surface area (Å²) < 4.78 is 32.9. The first kappa shape index (κ1) is 27.2. The quantitative estimate of drug-likeness (QED) is 0.164. The molecule has 3 nitrogen and oxygen atoms in total. The zero-order valence-corrected chi connectivity index (χ0v) is 20.2. The van der Waals surface area contributed by atoms with Gasteiger partial charge in [-0.3, -0.25) is 4.55 Å². The molecule has 0 saturated carbocycles. The predicted molar refractivity (Wildman–Crippen MR) is 130 cm³/mol. The van der Waals surface area contributed by atoms with Gasteiger partial charge in [-0.25, -0.2) is 0 Å². The van der Waals surface area contributed by atoms with E-state index in [1.807, 2.05) is 18.2 Å². The van der Waals surface area contributed by atoms with Crippen LogP contribution in [-0.2, 0) is 10.1 Å². The molecule has 1 atom stereocenters. The molecule has 174 valence electrons. The zero-order chi connectivity index (χ0) is 21.9. The van der Waals surface area contributed by atoms with Crippen LogP contribution in [-0.4, -0.2) is 13.0 Å². The van der Waals surface area contributed by atoms with Crippen molar-refractivity contribution >= 4 is 10.1 Å². The third-order valence-electron chi connectivity index (χ3n) is 6.10. The molecule has 0 aliphatic heterocycles. The van der Waals surface area contributed by atoms with Crippen LogP contribution in [0, 0.1) is 0 Å². The maximum absolute atomic E-state index is 11.7. The average Bonchev–Trinajstić information content (AvgIpc) is 2.72. The third kappa shape index (κ3) is 14.2. The van der Waals surface area contributed by atoms with Gasteiger partial charge in [-0.2, -0.15) is 8.42 Å². The predicted octanol–water partition coefficient (Wildman–Crippen LogP) is 8.66. The van der Waals surface area contributed by atoms with Gasteiger partial charge >= 0.3 is 0 Å². The summed E-state index contributed by atoms with van der Waals surface area (Å²) in [5.74, 6) is 0. The second-order valence-electron chi connectivity index (χ2n) is 8.86. The molecular formula is C26H46O3S. The zero-order valence-electron chi connectivity index (χ0n) is 19.4. The molecule has 0 fully saturated rings. The number of rotatable bonds is 20. The van der Waals surface area contributed by atoms with E-state index in [-0.39, 0.29) is 0 Å². The summed E-state index contributed by atoms with van der Waals surface area (Å²) in [6, 6.07) is 9.07. The molecule has 1 N–H and O–H groups in total. The fraction of sp³-hybridized carbons (Fsp3) is 0.769. The van der Waals surface area contributed by atoms with E-state index >= 15 is 0 Å². The minimum absolute atomic E-state index is 0.501. The summed E-state index contributed by atoms with van der Waals surface area (Å²) in [5, 5.41) is -0.782. The van der Waals surface area contributed by atoms with Gasteiger partial charge in [0.2, 0.25) is 0 Å². The van der Waals surface area contributed by atoms with E-state index < -0.39 is 15.4 Å². The molecule has 4 heteroatoms. The molecule has 1 aromatic rings. The smallest absolute Gasteiger partial charge is 0.271 e. The molecule has 0 bridgehead atoms. The molecule has 0 radical (unpaired) electrons. The third-order valence-corrected chi connectivity index (χ3v) is 7.33. The van der Waals surface area contributed by atoms with Crippen molar-refractivity contribution in [1.29, 1.82) is 0 Å². The van der Waals surface area contributed by atoms with Crippen molar-refractivity contribution in [2.24, 2.45) is 0 Å². The van der Waals surface area contributed by atoms with E-state index in [1.54, 1.807) is 12.1 Å². The van der Waals surface area contributed by atoms with Crippen molar-refractivity contribution in [2.45, 2.75) is 128 Å². The Bertz CT molecular complexity index is 598. The van der Waals surface area contributed by atoms with E-state index in [4.69, 9.17) is 0 Å². The largest absolute Gasteiger partial charge is 0.285 e. The molecule has 1 rings (SSSR count). The summed E-state index contributed by atoms with van der Waals surface area (Å²) >= 11 is 0. The first-order chi connectivity index (χ1) is 14.6. The molecule has 0 saturated heterocycles. The maximum Gasteiger partial charge on any atom is 0.271 e. The molecular weight excluding hydrogens is 392 g/mol. The van der Waals surface area contributed by atoms with Crippen LogP contribution in [0.25, 0.3) is 0 Å². The minimum Gasteiger partial charge on any atom is -0.285 e. The lowest BCUT2D eigenvalue weighted by Gasteiger charge is -2.14. The van der Waals surface area contributed by atoms with Gasteiger partial charge in [-0.1, -0.05) is 146 Å². The molecule has 1 aromatic carbocycles. The van der Waals surface area contributed by atoms with Gasteiger partial charge in [-0.05, 0) is 12.0 Å². The van der Waals surface area contributed by atoms with Gasteiger partial charge in [0.1, 0.15) is 5.25 Å². The van der Waals surface area contributed by atoms with Crippen LogP contribution in [0.1, 0.15) is 133 Å². The fourth-order valence-electron chi connectivity index (χ4n) is 4.21. The molecule has 1 unspecified atom stereocenters. The minimum atomic E-state index is -4.04. The summed E-state index contributed by atoms with van der Waals surface area (Å²) in [6.45, 7) is 2.27. The van der Waals surface area contributed by atoms with E-state index in [9.17, 15) is 13.0 Å². The van der Waals surface area contributed by atoms with Gasteiger partial charge in [0.05, 0.1) is 0 Å². The van der Waals surface area contributed by atoms with E-state index in [0.29, 0.717) is 12.0 Å². The highest BCUT2D eigenvalue weighted by atomic mass is 32.2. The van der Waals surface area contributed by atoms with Crippen LogP contribution >= 0.6 is 0 Å². The van der Waals surface area contributed by atoms with Crippen LogP contribution < -0.4 is 0 Å². The Kier molecular flexibility index (Phi) is 16.1. The van der Waals surface area contributed by atoms with Crippen LogP contribution in [0.5, 0.6) is 0 Å². The molecule has 0 aromatic heterocycles. The van der Waals surface area contributed by atoms with Crippen LogP contribution in [0.4, 0.5) is 0 Å². The fourth-order valence-corrected chi connectivity index (χ4v) is 5.18. The highest BCUT2D eigenvalue weighted by Crippen LogP contribution is 2.27. The van der Waals surface area contributed by atoms with Crippen molar-refractivity contribution in [2.75, 3.05) is 0 Å². The Balaban J connectivity index is 1.92. The SMILES string of the molecule is CCCCCCCCCCCCCCCCCCCC(c1ccccc1)S(=O)(=O)O. The summed E-state index contributed by atoms with van der Waals surface area (Å²) in [7, 11) is -4.04. The van der Waals surface area contributed by atoms with Gasteiger partial charge in [0, 0.05) is 0 Å². The van der Waals surface area contributed by atoms with E-state index in [2.05, 4.69) is 6.92 Å². The van der Waals surface area contributed by atoms with Crippen molar-refractivity contribution in [1.82, 2.24) is 0 Å². The summed E-state index contributed by atoms with van der Waals surface area (Å²) in [5.41, 5.74) is 0.691. The first-order valence-electron chi connectivity index (χ1n) is 12.6. The Morgan fingerprint density at radius 3 is 1.37 bits per heavy atom. The maximum atomic E-state index is 11.7. The highest BCUT2D eigenvalue weighted by molar-refractivity contribution is 7.86. The van der Waals surface area contributed by atoms with Gasteiger partial charge < -0.3 is 0 Å². The van der Waals surface area contributed by atoms with E-state index in [1.165, 1.54) is 89.9 Å². The van der Waals surface area contributed by atoms with Crippen molar-refractivity contribution in [3.05, 3.63) is 35.9 Å². The van der Waals surface area contributed by atoms with Crippen molar-refractivity contribution < 1.29 is 13.0 Å². The van der Waals surface area contributed by atoms with Crippen molar-refractivity contribution in [3.8, 4) is 0 Å². The molecule has 0 spiro atoms.